The average molecular weight is 473 g/mol. The number of carboxylic acids is 1. The van der Waals surface area contributed by atoms with E-state index in [0.717, 1.165) is 23.1 Å². The first kappa shape index (κ1) is 23.6. The predicted molar refractivity (Wildman–Crippen MR) is 134 cm³/mol. The van der Waals surface area contributed by atoms with Gasteiger partial charge < -0.3 is 20.4 Å². The number of H-pyrrole nitrogens is 1. The number of fused-ring (bicyclic) bond motifs is 3. The van der Waals surface area contributed by atoms with E-state index < -0.39 is 10.9 Å². The standard InChI is InChI=1S/C23H19N5O3.C2H4O2/c24-8-3-9-27-13-18(17-7-6-16(28(30)31)12-21(17)27)22-23(29)26-20-11-15-5-2-1-4-14(15)10-19(20)25-22;1-2(3)4/h1-2,4-7,10-13H,3,8-9,24H2,(H,26,29);1H3,(H,3,4). The summed E-state index contributed by atoms with van der Waals surface area (Å²) in [6.07, 6.45) is 2.54. The third-order valence-corrected chi connectivity index (χ3v) is 5.49. The largest absolute Gasteiger partial charge is 0.481 e. The highest BCUT2D eigenvalue weighted by Crippen LogP contribution is 2.32. The van der Waals surface area contributed by atoms with Crippen molar-refractivity contribution in [2.45, 2.75) is 19.9 Å². The van der Waals surface area contributed by atoms with Crippen molar-refractivity contribution in [1.29, 1.82) is 0 Å². The molecule has 0 radical (unpaired) electrons. The molecule has 0 aliphatic rings. The van der Waals surface area contributed by atoms with E-state index in [0.29, 0.717) is 41.6 Å². The Hall–Kier alpha value is -4.57. The molecule has 10 heteroatoms. The van der Waals surface area contributed by atoms with Gasteiger partial charge in [-0.15, -0.1) is 0 Å². The van der Waals surface area contributed by atoms with Gasteiger partial charge in [0.15, 0.2) is 0 Å². The van der Waals surface area contributed by atoms with Crippen molar-refractivity contribution in [2.24, 2.45) is 5.73 Å². The molecule has 0 atom stereocenters. The van der Waals surface area contributed by atoms with Crippen LogP contribution in [0.25, 0.3) is 44.0 Å². The zero-order chi connectivity index (χ0) is 25.1. The lowest BCUT2D eigenvalue weighted by Crippen LogP contribution is -2.11. The molecule has 5 aromatic rings. The van der Waals surface area contributed by atoms with Gasteiger partial charge in [-0.2, -0.15) is 0 Å². The predicted octanol–water partition coefficient (Wildman–Crippen LogP) is 4.05. The van der Waals surface area contributed by atoms with E-state index in [1.807, 2.05) is 47.2 Å². The van der Waals surface area contributed by atoms with Crippen molar-refractivity contribution >= 4 is 44.4 Å². The Morgan fingerprint density at radius 2 is 1.86 bits per heavy atom. The molecule has 0 amide bonds. The third kappa shape index (κ3) is 4.87. The van der Waals surface area contributed by atoms with Gasteiger partial charge in [0.1, 0.15) is 5.69 Å². The van der Waals surface area contributed by atoms with Gasteiger partial charge in [0.2, 0.25) is 0 Å². The number of aryl methyl sites for hydroxylation is 1. The summed E-state index contributed by atoms with van der Waals surface area (Å²) in [4.78, 5) is 40.4. The number of aromatic amines is 1. The monoisotopic (exact) mass is 473 g/mol. The number of non-ortho nitro benzene ring substituents is 1. The third-order valence-electron chi connectivity index (χ3n) is 5.49. The molecule has 5 rings (SSSR count). The zero-order valence-electron chi connectivity index (χ0n) is 18.9. The van der Waals surface area contributed by atoms with Crippen molar-refractivity contribution < 1.29 is 14.8 Å². The highest BCUT2D eigenvalue weighted by atomic mass is 16.6. The normalized spacial score (nSPS) is 10.9. The summed E-state index contributed by atoms with van der Waals surface area (Å²) in [6.45, 7) is 2.16. The van der Waals surface area contributed by atoms with Crippen molar-refractivity contribution in [2.75, 3.05) is 6.54 Å². The number of aromatic nitrogens is 3. The second-order valence-corrected chi connectivity index (χ2v) is 7.99. The van der Waals surface area contributed by atoms with Crippen LogP contribution in [0.1, 0.15) is 13.3 Å². The molecule has 3 aromatic carbocycles. The van der Waals surface area contributed by atoms with Crippen molar-refractivity contribution in [3.05, 3.63) is 81.3 Å². The number of nitrogens with one attached hydrogen (secondary N) is 1. The minimum Gasteiger partial charge on any atom is -0.481 e. The Labute approximate surface area is 198 Å². The number of nitro groups is 1. The summed E-state index contributed by atoms with van der Waals surface area (Å²) in [5, 5.41) is 21.5. The van der Waals surface area contributed by atoms with Crippen LogP contribution in [0.2, 0.25) is 0 Å². The van der Waals surface area contributed by atoms with Crippen LogP contribution in [0.3, 0.4) is 0 Å². The highest BCUT2D eigenvalue weighted by Gasteiger charge is 2.18. The van der Waals surface area contributed by atoms with E-state index >= 15 is 0 Å². The summed E-state index contributed by atoms with van der Waals surface area (Å²) in [5.41, 5.74) is 8.29. The zero-order valence-corrected chi connectivity index (χ0v) is 18.9. The van der Waals surface area contributed by atoms with E-state index in [1.54, 1.807) is 6.07 Å². The molecule has 0 saturated carbocycles. The quantitative estimate of drug-likeness (QED) is 0.197. The number of hydrogen-bond donors (Lipinski definition) is 3. The number of benzene rings is 3. The molecule has 0 aliphatic carbocycles. The van der Waals surface area contributed by atoms with Crippen LogP contribution in [0.5, 0.6) is 0 Å². The second-order valence-electron chi connectivity index (χ2n) is 7.99. The van der Waals surface area contributed by atoms with Gasteiger partial charge in [-0.05, 0) is 41.9 Å². The Bertz CT molecular complexity index is 1630. The van der Waals surface area contributed by atoms with Crippen molar-refractivity contribution in [3.8, 4) is 11.3 Å². The van der Waals surface area contributed by atoms with E-state index in [4.69, 9.17) is 15.6 Å². The number of rotatable bonds is 5. The molecule has 0 bridgehead atoms. The minimum absolute atomic E-state index is 0.00185. The Morgan fingerprint density at radius 3 is 2.51 bits per heavy atom. The average Bonchev–Trinajstić information content (AvgIpc) is 3.18. The fourth-order valence-corrected chi connectivity index (χ4v) is 3.99. The van der Waals surface area contributed by atoms with Crippen molar-refractivity contribution in [1.82, 2.24) is 14.5 Å². The van der Waals surface area contributed by atoms with Gasteiger partial charge >= 0.3 is 0 Å². The summed E-state index contributed by atoms with van der Waals surface area (Å²) < 4.78 is 1.90. The molecule has 0 saturated heterocycles. The van der Waals surface area contributed by atoms with Crippen LogP contribution in [0.15, 0.2) is 65.6 Å². The van der Waals surface area contributed by atoms with Crippen LogP contribution in [-0.2, 0) is 11.3 Å². The molecule has 2 aromatic heterocycles. The number of carboxylic acid groups (broad SMARTS) is 1. The second kappa shape index (κ2) is 9.74. The molecule has 0 unspecified atom stereocenters. The van der Waals surface area contributed by atoms with Crippen molar-refractivity contribution in [3.63, 3.8) is 0 Å². The van der Waals surface area contributed by atoms with Crippen LogP contribution < -0.4 is 11.3 Å². The Balaban J connectivity index is 0.000000672. The molecule has 4 N–H and O–H groups in total. The molecule has 0 aliphatic heterocycles. The molecule has 0 fully saturated rings. The van der Waals surface area contributed by atoms with Crippen LogP contribution in [-0.4, -0.2) is 37.1 Å². The van der Waals surface area contributed by atoms with Gasteiger partial charge in [-0.3, -0.25) is 19.7 Å². The molecule has 35 heavy (non-hydrogen) atoms. The van der Waals surface area contributed by atoms with Gasteiger partial charge in [0.25, 0.3) is 17.2 Å². The summed E-state index contributed by atoms with van der Waals surface area (Å²) >= 11 is 0. The van der Waals surface area contributed by atoms with E-state index in [2.05, 4.69) is 9.97 Å². The number of nitrogens with two attached hydrogens (primary N) is 1. The number of nitro benzene ring substituents is 1. The minimum atomic E-state index is -0.833. The SMILES string of the molecule is CC(=O)O.NCCCn1cc(-c2nc3cc4ccccc4cc3[nH]c2=O)c2ccc([N+](=O)[O-])cc21. The number of aliphatic carboxylic acids is 1. The van der Waals surface area contributed by atoms with E-state index in [9.17, 15) is 14.9 Å². The molecule has 0 spiro atoms. The van der Waals surface area contributed by atoms with E-state index in [1.165, 1.54) is 12.1 Å². The lowest BCUT2D eigenvalue weighted by molar-refractivity contribution is -0.384. The molecule has 178 valence electrons. The first-order chi connectivity index (χ1) is 16.8. The molecule has 2 heterocycles. The van der Waals surface area contributed by atoms with Gasteiger partial charge in [-0.25, -0.2) is 4.98 Å². The smallest absolute Gasteiger partial charge is 0.300 e. The summed E-state index contributed by atoms with van der Waals surface area (Å²) in [6, 6.07) is 16.4. The van der Waals surface area contributed by atoms with Crippen LogP contribution >= 0.6 is 0 Å². The maximum absolute atomic E-state index is 13.0. The van der Waals surface area contributed by atoms with E-state index in [-0.39, 0.29) is 16.9 Å². The number of nitrogens with zero attached hydrogens (tertiary/aromatic N) is 3. The first-order valence-corrected chi connectivity index (χ1v) is 10.9. The molecular weight excluding hydrogens is 450 g/mol. The highest BCUT2D eigenvalue weighted by molar-refractivity contribution is 5.98. The Kier molecular flexibility index (Phi) is 6.56. The fourth-order valence-electron chi connectivity index (χ4n) is 3.99. The summed E-state index contributed by atoms with van der Waals surface area (Å²) in [5.74, 6) is -0.833. The van der Waals surface area contributed by atoms with Crippen LogP contribution in [0.4, 0.5) is 5.69 Å². The molecular formula is C25H23N5O5. The maximum atomic E-state index is 13.0. The number of hydrogen-bond acceptors (Lipinski definition) is 6. The van der Waals surface area contributed by atoms with Crippen LogP contribution in [0, 0.1) is 10.1 Å². The van der Waals surface area contributed by atoms with Gasteiger partial charge in [0, 0.05) is 42.7 Å². The van der Waals surface area contributed by atoms with Gasteiger partial charge in [-0.1, -0.05) is 24.3 Å². The summed E-state index contributed by atoms with van der Waals surface area (Å²) in [7, 11) is 0. The topological polar surface area (TPSA) is 157 Å². The first-order valence-electron chi connectivity index (χ1n) is 10.9. The maximum Gasteiger partial charge on any atom is 0.300 e. The lowest BCUT2D eigenvalue weighted by atomic mass is 10.1. The number of carbonyl (C=O) groups is 1. The fraction of sp³-hybridized carbons (Fsp3) is 0.160. The van der Waals surface area contributed by atoms with Gasteiger partial charge in [0.05, 0.1) is 21.5 Å². The molecule has 10 nitrogen and oxygen atoms in total. The Morgan fingerprint density at radius 1 is 1.17 bits per heavy atom. The lowest BCUT2D eigenvalue weighted by Gasteiger charge is -2.04.